The van der Waals surface area contributed by atoms with Gasteiger partial charge in [-0.05, 0) is 41.8 Å². The number of benzene rings is 1. The summed E-state index contributed by atoms with van der Waals surface area (Å²) in [4.78, 5) is 11.9. The van der Waals surface area contributed by atoms with Crippen LogP contribution in [0.3, 0.4) is 0 Å². The van der Waals surface area contributed by atoms with Gasteiger partial charge in [0.1, 0.15) is 11.6 Å². The average molecular weight is 234 g/mol. The fraction of sp³-hybridized carbons (Fsp3) is 0.300. The predicted octanol–water partition coefficient (Wildman–Crippen LogP) is 2.80. The summed E-state index contributed by atoms with van der Waals surface area (Å²) in [6.45, 7) is 0.253. The molecule has 0 unspecified atom stereocenters. The van der Waals surface area contributed by atoms with Crippen molar-refractivity contribution in [2.24, 2.45) is 0 Å². The summed E-state index contributed by atoms with van der Waals surface area (Å²) in [5.41, 5.74) is 0.236. The molecule has 0 saturated heterocycles. The van der Waals surface area contributed by atoms with Crippen LogP contribution < -0.4 is 0 Å². The molecule has 0 N–H and O–H groups in total. The first-order valence-corrected chi connectivity index (χ1v) is 4.73. The Morgan fingerprint density at radius 1 is 1.47 bits per heavy atom. The summed E-state index contributed by atoms with van der Waals surface area (Å²) in [6.07, 6.45) is 0.235. The second-order valence-corrected chi connectivity index (χ2v) is 3.48. The van der Waals surface area contributed by atoms with Crippen molar-refractivity contribution in [1.29, 1.82) is 0 Å². The quantitative estimate of drug-likeness (QED) is 0.581. The molecule has 1 rings (SSSR count). The van der Waals surface area contributed by atoms with Gasteiger partial charge >= 0.3 is 5.37 Å². The van der Waals surface area contributed by atoms with Gasteiger partial charge < -0.3 is 4.90 Å². The van der Waals surface area contributed by atoms with E-state index in [9.17, 15) is 13.6 Å². The Bertz CT molecular complexity index is 370. The zero-order chi connectivity index (χ0) is 11.4. The second kappa shape index (κ2) is 5.07. The van der Waals surface area contributed by atoms with Gasteiger partial charge in [0, 0.05) is 13.6 Å². The maximum Gasteiger partial charge on any atom is 0.316 e. The van der Waals surface area contributed by atoms with Gasteiger partial charge in [-0.3, -0.25) is 4.79 Å². The summed E-state index contributed by atoms with van der Waals surface area (Å²) >= 11 is 5.18. The van der Waals surface area contributed by atoms with Crippen LogP contribution in [0.1, 0.15) is 5.56 Å². The van der Waals surface area contributed by atoms with Gasteiger partial charge in [0.25, 0.3) is 0 Å². The van der Waals surface area contributed by atoms with Crippen LogP contribution in [0.15, 0.2) is 18.2 Å². The molecule has 1 amide bonds. The van der Waals surface area contributed by atoms with E-state index in [2.05, 4.69) is 0 Å². The minimum atomic E-state index is -0.619. The first-order chi connectivity index (χ1) is 7.00. The summed E-state index contributed by atoms with van der Waals surface area (Å²) in [7, 11) is 1.49. The number of carbonyl (C=O) groups is 1. The van der Waals surface area contributed by atoms with Gasteiger partial charge in [0.2, 0.25) is 0 Å². The molecule has 0 aliphatic carbocycles. The number of amides is 1. The molecule has 0 fully saturated rings. The predicted molar refractivity (Wildman–Crippen MR) is 53.9 cm³/mol. The molecule has 0 aliphatic rings. The number of halogens is 3. The van der Waals surface area contributed by atoms with Gasteiger partial charge in [-0.2, -0.15) is 0 Å². The molecule has 0 aliphatic heterocycles. The normalized spacial score (nSPS) is 10.1. The maximum absolute atomic E-state index is 13.1. The first-order valence-electron chi connectivity index (χ1n) is 4.35. The summed E-state index contributed by atoms with van der Waals surface area (Å²) in [6, 6.07) is 3.23. The van der Waals surface area contributed by atoms with Gasteiger partial charge in [0.15, 0.2) is 0 Å². The third-order valence-corrected chi connectivity index (χ3v) is 2.31. The number of nitrogens with zero attached hydrogens (tertiary/aromatic N) is 1. The van der Waals surface area contributed by atoms with Gasteiger partial charge in [0.05, 0.1) is 0 Å². The van der Waals surface area contributed by atoms with Crippen LogP contribution in [0.5, 0.6) is 0 Å². The zero-order valence-electron chi connectivity index (χ0n) is 8.14. The van der Waals surface area contributed by atoms with Crippen LogP contribution in [0.2, 0.25) is 0 Å². The third-order valence-electron chi connectivity index (χ3n) is 2.02. The number of rotatable bonds is 3. The summed E-state index contributed by atoms with van der Waals surface area (Å²) < 4.78 is 25.9. The lowest BCUT2D eigenvalue weighted by Gasteiger charge is -2.13. The Hall–Kier alpha value is -1.16. The Balaban J connectivity index is 2.65. The van der Waals surface area contributed by atoms with Crippen molar-refractivity contribution < 1.29 is 13.6 Å². The number of hydrogen-bond donors (Lipinski definition) is 0. The minimum absolute atomic E-state index is 0.235. The van der Waals surface area contributed by atoms with Crippen LogP contribution in [0, 0.1) is 11.6 Å². The molecule has 0 radical (unpaired) electrons. The fourth-order valence-corrected chi connectivity index (χ4v) is 1.20. The molecule has 5 heteroatoms. The molecule has 15 heavy (non-hydrogen) atoms. The van der Waals surface area contributed by atoms with Crippen molar-refractivity contribution in [2.45, 2.75) is 6.42 Å². The zero-order valence-corrected chi connectivity index (χ0v) is 8.89. The number of likely N-dealkylation sites (N-methyl/N-ethyl adjacent to an activating group) is 1. The number of carbonyl (C=O) groups excluding carboxylic acids is 1. The Kier molecular flexibility index (Phi) is 4.03. The van der Waals surface area contributed by atoms with E-state index >= 15 is 0 Å². The van der Waals surface area contributed by atoms with Gasteiger partial charge in [-0.25, -0.2) is 8.78 Å². The van der Waals surface area contributed by atoms with Crippen LogP contribution in [0.25, 0.3) is 0 Å². The first kappa shape index (κ1) is 11.9. The molecular weight excluding hydrogens is 224 g/mol. The second-order valence-electron chi connectivity index (χ2n) is 3.16. The van der Waals surface area contributed by atoms with E-state index < -0.39 is 17.0 Å². The van der Waals surface area contributed by atoms with Crippen molar-refractivity contribution in [3.63, 3.8) is 0 Å². The Labute approximate surface area is 91.4 Å². The highest BCUT2D eigenvalue weighted by molar-refractivity contribution is 6.62. The molecule has 0 heterocycles. The van der Waals surface area contributed by atoms with E-state index in [1.807, 2.05) is 0 Å². The van der Waals surface area contributed by atoms with Crippen molar-refractivity contribution in [3.05, 3.63) is 35.4 Å². The largest absolute Gasteiger partial charge is 0.332 e. The smallest absolute Gasteiger partial charge is 0.316 e. The molecule has 1 aromatic rings. The summed E-state index contributed by atoms with van der Waals surface area (Å²) in [5, 5.41) is -0.619. The molecule has 0 spiro atoms. The average Bonchev–Trinajstić information content (AvgIpc) is 2.18. The maximum atomic E-state index is 13.1. The molecule has 0 saturated carbocycles. The fourth-order valence-electron chi connectivity index (χ4n) is 1.11. The molecule has 0 bridgehead atoms. The van der Waals surface area contributed by atoms with Crippen LogP contribution in [0.4, 0.5) is 13.6 Å². The van der Waals surface area contributed by atoms with Crippen LogP contribution >= 0.6 is 11.6 Å². The van der Waals surface area contributed by atoms with E-state index in [0.29, 0.717) is 0 Å². The van der Waals surface area contributed by atoms with Gasteiger partial charge in [-0.15, -0.1) is 0 Å². The molecule has 0 aromatic heterocycles. The molecule has 0 atom stereocenters. The van der Waals surface area contributed by atoms with E-state index in [1.165, 1.54) is 11.9 Å². The monoisotopic (exact) mass is 233 g/mol. The number of hydrogen-bond acceptors (Lipinski definition) is 1. The van der Waals surface area contributed by atoms with Crippen LogP contribution in [-0.4, -0.2) is 23.9 Å². The Morgan fingerprint density at radius 2 is 2.13 bits per heavy atom. The highest BCUT2D eigenvalue weighted by Crippen LogP contribution is 2.10. The topological polar surface area (TPSA) is 20.3 Å². The molecule has 82 valence electrons. The highest BCUT2D eigenvalue weighted by atomic mass is 35.5. The lowest BCUT2D eigenvalue weighted by atomic mass is 10.1. The lowest BCUT2D eigenvalue weighted by molar-refractivity contribution is 0.232. The van der Waals surface area contributed by atoms with E-state index in [1.54, 1.807) is 0 Å². The molecular formula is C10H10ClF2NO. The standard InChI is InChI=1S/C10H10ClF2NO/c1-14(10(11)15)5-4-7-6-8(12)2-3-9(7)13/h2-3,6H,4-5H2,1H3. The highest BCUT2D eigenvalue weighted by Gasteiger charge is 2.08. The molecule has 1 aromatic carbocycles. The van der Waals surface area contributed by atoms with Crippen molar-refractivity contribution in [3.8, 4) is 0 Å². The van der Waals surface area contributed by atoms with Crippen molar-refractivity contribution >= 4 is 17.0 Å². The summed E-state index contributed by atoms with van der Waals surface area (Å²) in [5.74, 6) is -0.974. The van der Waals surface area contributed by atoms with Crippen LogP contribution in [-0.2, 0) is 6.42 Å². The van der Waals surface area contributed by atoms with Gasteiger partial charge in [-0.1, -0.05) is 0 Å². The van der Waals surface area contributed by atoms with E-state index in [4.69, 9.17) is 11.6 Å². The minimum Gasteiger partial charge on any atom is -0.332 e. The third kappa shape index (κ3) is 3.47. The molecule has 2 nitrogen and oxygen atoms in total. The lowest BCUT2D eigenvalue weighted by Crippen LogP contribution is -2.23. The Morgan fingerprint density at radius 3 is 2.73 bits per heavy atom. The van der Waals surface area contributed by atoms with E-state index in [0.717, 1.165) is 18.2 Å². The van der Waals surface area contributed by atoms with Crippen molar-refractivity contribution in [2.75, 3.05) is 13.6 Å². The van der Waals surface area contributed by atoms with E-state index in [-0.39, 0.29) is 18.5 Å². The van der Waals surface area contributed by atoms with Crippen molar-refractivity contribution in [1.82, 2.24) is 4.90 Å². The SMILES string of the molecule is CN(CCc1cc(F)ccc1F)C(=O)Cl.